The van der Waals surface area contributed by atoms with E-state index in [-0.39, 0.29) is 11.9 Å². The lowest BCUT2D eigenvalue weighted by Crippen LogP contribution is -2.24. The number of H-pyrrole nitrogens is 1. The molecular formula is C12H14N4OS. The highest BCUT2D eigenvalue weighted by atomic mass is 32.1. The minimum absolute atomic E-state index is 0.106. The fourth-order valence-corrected chi connectivity index (χ4v) is 2.77. The van der Waals surface area contributed by atoms with Crippen molar-refractivity contribution in [3.63, 3.8) is 0 Å². The second-order valence-corrected chi connectivity index (χ2v) is 5.13. The van der Waals surface area contributed by atoms with Crippen molar-refractivity contribution in [2.75, 3.05) is 13.6 Å². The van der Waals surface area contributed by atoms with Crippen molar-refractivity contribution in [1.82, 2.24) is 19.4 Å². The molecule has 2 aromatic heterocycles. The van der Waals surface area contributed by atoms with Crippen LogP contribution in [0.4, 0.5) is 0 Å². The summed E-state index contributed by atoms with van der Waals surface area (Å²) in [5, 5.41) is 0. The average molecular weight is 262 g/mol. The third-order valence-electron chi connectivity index (χ3n) is 3.40. The van der Waals surface area contributed by atoms with Gasteiger partial charge >= 0.3 is 0 Å². The zero-order valence-corrected chi connectivity index (χ0v) is 11.1. The number of hydrogen-bond donors (Lipinski definition) is 1. The summed E-state index contributed by atoms with van der Waals surface area (Å²) in [6.45, 7) is 2.75. The molecule has 6 heteroatoms. The number of carbonyl (C=O) groups is 1. The standard InChI is InChI=1S/C12H14N4OS/c1-7-5-8-10(13-6-7)16(12(18)14-8)9-3-4-15(2)11(9)17/h5-6,9H,3-4H2,1-2H3,(H,14,18). The van der Waals surface area contributed by atoms with Gasteiger partial charge in [0.2, 0.25) is 5.91 Å². The first-order valence-corrected chi connectivity index (χ1v) is 6.30. The van der Waals surface area contributed by atoms with Gasteiger partial charge in [0.05, 0.1) is 5.52 Å². The van der Waals surface area contributed by atoms with E-state index in [0.29, 0.717) is 4.77 Å². The minimum atomic E-state index is -0.216. The van der Waals surface area contributed by atoms with E-state index in [0.717, 1.165) is 29.7 Å². The van der Waals surface area contributed by atoms with Crippen LogP contribution < -0.4 is 0 Å². The van der Waals surface area contributed by atoms with E-state index >= 15 is 0 Å². The van der Waals surface area contributed by atoms with Gasteiger partial charge in [-0.3, -0.25) is 9.36 Å². The number of aromatic amines is 1. The molecule has 1 saturated heterocycles. The van der Waals surface area contributed by atoms with E-state index in [1.807, 2.05) is 24.6 Å². The van der Waals surface area contributed by atoms with Crippen molar-refractivity contribution in [3.05, 3.63) is 22.6 Å². The molecular weight excluding hydrogens is 248 g/mol. The predicted molar refractivity (Wildman–Crippen MR) is 70.9 cm³/mol. The van der Waals surface area contributed by atoms with Gasteiger partial charge in [0.25, 0.3) is 0 Å². The molecule has 0 aliphatic carbocycles. The molecule has 5 nitrogen and oxygen atoms in total. The number of likely N-dealkylation sites (tertiary alicyclic amines) is 1. The fraction of sp³-hybridized carbons (Fsp3) is 0.417. The van der Waals surface area contributed by atoms with Crippen molar-refractivity contribution in [2.45, 2.75) is 19.4 Å². The van der Waals surface area contributed by atoms with Gasteiger partial charge in [0.1, 0.15) is 6.04 Å². The number of nitrogens with one attached hydrogen (secondary N) is 1. The molecule has 1 unspecified atom stereocenters. The summed E-state index contributed by atoms with van der Waals surface area (Å²) in [5.41, 5.74) is 2.72. The second-order valence-electron chi connectivity index (χ2n) is 4.75. The minimum Gasteiger partial charge on any atom is -0.344 e. The zero-order chi connectivity index (χ0) is 12.9. The molecule has 3 heterocycles. The molecule has 1 N–H and O–H groups in total. The van der Waals surface area contributed by atoms with Crippen LogP contribution in [0.3, 0.4) is 0 Å². The summed E-state index contributed by atoms with van der Waals surface area (Å²) in [5.74, 6) is 0.106. The highest BCUT2D eigenvalue weighted by molar-refractivity contribution is 7.71. The summed E-state index contributed by atoms with van der Waals surface area (Å²) >= 11 is 5.32. The highest BCUT2D eigenvalue weighted by Gasteiger charge is 2.32. The van der Waals surface area contributed by atoms with Crippen LogP contribution in [-0.4, -0.2) is 38.9 Å². The van der Waals surface area contributed by atoms with Crippen molar-refractivity contribution >= 4 is 29.3 Å². The molecule has 18 heavy (non-hydrogen) atoms. The number of hydrogen-bond acceptors (Lipinski definition) is 3. The fourth-order valence-electron chi connectivity index (χ4n) is 2.45. The molecule has 0 aromatic carbocycles. The van der Waals surface area contributed by atoms with Gasteiger partial charge in [-0.05, 0) is 37.2 Å². The van der Waals surface area contributed by atoms with Crippen molar-refractivity contribution in [1.29, 1.82) is 0 Å². The maximum atomic E-state index is 12.1. The second kappa shape index (κ2) is 3.91. The number of pyridine rings is 1. The summed E-state index contributed by atoms with van der Waals surface area (Å²) in [6, 6.07) is 1.78. The van der Waals surface area contributed by atoms with E-state index in [1.54, 1.807) is 11.1 Å². The number of nitrogens with zero attached hydrogens (tertiary/aromatic N) is 3. The van der Waals surface area contributed by atoms with Gasteiger partial charge in [0, 0.05) is 19.8 Å². The third kappa shape index (κ3) is 1.56. The molecule has 0 spiro atoms. The van der Waals surface area contributed by atoms with Gasteiger partial charge < -0.3 is 9.88 Å². The van der Waals surface area contributed by atoms with Crippen LogP contribution in [0.5, 0.6) is 0 Å². The van der Waals surface area contributed by atoms with Crippen LogP contribution in [-0.2, 0) is 4.79 Å². The monoisotopic (exact) mass is 262 g/mol. The van der Waals surface area contributed by atoms with Gasteiger partial charge in [-0.1, -0.05) is 0 Å². The van der Waals surface area contributed by atoms with Crippen molar-refractivity contribution in [2.24, 2.45) is 0 Å². The van der Waals surface area contributed by atoms with Crippen LogP contribution in [0.1, 0.15) is 18.0 Å². The Labute approximate surface area is 109 Å². The van der Waals surface area contributed by atoms with Crippen LogP contribution >= 0.6 is 12.2 Å². The van der Waals surface area contributed by atoms with Gasteiger partial charge in [-0.15, -0.1) is 0 Å². The SMILES string of the molecule is Cc1cnc2c(c1)[nH]c(=S)n2C1CCN(C)C1=O. The van der Waals surface area contributed by atoms with E-state index in [9.17, 15) is 4.79 Å². The molecule has 0 bridgehead atoms. The van der Waals surface area contributed by atoms with E-state index in [4.69, 9.17) is 12.2 Å². The lowest BCUT2D eigenvalue weighted by molar-refractivity contribution is -0.129. The van der Waals surface area contributed by atoms with Crippen LogP contribution in [0.2, 0.25) is 0 Å². The molecule has 1 aliphatic heterocycles. The maximum Gasteiger partial charge on any atom is 0.245 e. The Hall–Kier alpha value is -1.69. The predicted octanol–water partition coefficient (Wildman–Crippen LogP) is 1.81. The first-order chi connectivity index (χ1) is 8.58. The Balaban J connectivity index is 2.20. The molecule has 2 aromatic rings. The van der Waals surface area contributed by atoms with E-state index < -0.39 is 0 Å². The summed E-state index contributed by atoms with van der Waals surface area (Å²) in [6.07, 6.45) is 2.58. The molecule has 0 saturated carbocycles. The molecule has 3 rings (SSSR count). The summed E-state index contributed by atoms with van der Waals surface area (Å²) in [7, 11) is 1.82. The van der Waals surface area contributed by atoms with Crippen molar-refractivity contribution in [3.8, 4) is 0 Å². The maximum absolute atomic E-state index is 12.1. The third-order valence-corrected chi connectivity index (χ3v) is 3.70. The van der Waals surface area contributed by atoms with Gasteiger partial charge in [0.15, 0.2) is 10.4 Å². The van der Waals surface area contributed by atoms with E-state index in [1.165, 1.54) is 0 Å². The summed E-state index contributed by atoms with van der Waals surface area (Å²) in [4.78, 5) is 21.3. The highest BCUT2D eigenvalue weighted by Crippen LogP contribution is 2.26. The Bertz CT molecular complexity index is 687. The zero-order valence-electron chi connectivity index (χ0n) is 10.3. The number of rotatable bonds is 1. The van der Waals surface area contributed by atoms with E-state index in [2.05, 4.69) is 9.97 Å². The smallest absolute Gasteiger partial charge is 0.245 e. The number of likely N-dealkylation sites (N-methyl/N-ethyl adjacent to an activating group) is 1. The molecule has 1 amide bonds. The molecule has 94 valence electrons. The first-order valence-electron chi connectivity index (χ1n) is 5.90. The largest absolute Gasteiger partial charge is 0.344 e. The number of aryl methyl sites for hydroxylation is 1. The van der Waals surface area contributed by atoms with Gasteiger partial charge in [-0.2, -0.15) is 0 Å². The van der Waals surface area contributed by atoms with Gasteiger partial charge in [-0.25, -0.2) is 4.98 Å². The topological polar surface area (TPSA) is 53.9 Å². The Morgan fingerprint density at radius 2 is 2.33 bits per heavy atom. The number of carbonyl (C=O) groups excluding carboxylic acids is 1. The number of imidazole rings is 1. The lowest BCUT2D eigenvalue weighted by atomic mass is 10.2. The lowest BCUT2D eigenvalue weighted by Gasteiger charge is -2.12. The average Bonchev–Trinajstić information content (AvgIpc) is 2.80. The Morgan fingerprint density at radius 3 is 3.00 bits per heavy atom. The molecule has 1 aliphatic rings. The molecule has 0 radical (unpaired) electrons. The number of fused-ring (bicyclic) bond motifs is 1. The Kier molecular flexibility index (Phi) is 2.48. The van der Waals surface area contributed by atoms with Crippen LogP contribution in [0.25, 0.3) is 11.2 Å². The first kappa shape index (κ1) is 11.4. The Morgan fingerprint density at radius 1 is 1.56 bits per heavy atom. The normalized spacial score (nSPS) is 20.0. The number of aromatic nitrogens is 3. The quantitative estimate of drug-likeness (QED) is 0.797. The van der Waals surface area contributed by atoms with Crippen LogP contribution in [0, 0.1) is 11.7 Å². The molecule has 1 fully saturated rings. The summed E-state index contributed by atoms with van der Waals surface area (Å²) < 4.78 is 2.41. The van der Waals surface area contributed by atoms with Crippen LogP contribution in [0.15, 0.2) is 12.3 Å². The van der Waals surface area contributed by atoms with Crippen molar-refractivity contribution < 1.29 is 4.79 Å². The number of amides is 1. The molecule has 1 atom stereocenters.